The van der Waals surface area contributed by atoms with Crippen LogP contribution in [0, 0.1) is 5.41 Å². The fourth-order valence-electron chi connectivity index (χ4n) is 2.90. The van der Waals surface area contributed by atoms with Crippen molar-refractivity contribution >= 4 is 0 Å². The van der Waals surface area contributed by atoms with Gasteiger partial charge in [-0.3, -0.25) is 0 Å². The second kappa shape index (κ2) is 6.58. The molecule has 108 valence electrons. The molecule has 0 bridgehead atoms. The first-order valence-electron chi connectivity index (χ1n) is 7.66. The molecule has 1 N–H and O–H groups in total. The van der Waals surface area contributed by atoms with Gasteiger partial charge in [0.15, 0.2) is 0 Å². The number of rotatable bonds is 6. The van der Waals surface area contributed by atoms with Crippen LogP contribution in [0.3, 0.4) is 0 Å². The number of nitrogens with one attached hydrogen (secondary N) is 1. The molecule has 1 aliphatic rings. The zero-order chi connectivity index (χ0) is 13.7. The van der Waals surface area contributed by atoms with Gasteiger partial charge in [0.05, 0.1) is 0 Å². The summed E-state index contributed by atoms with van der Waals surface area (Å²) in [5.74, 6) is 0. The molecule has 0 aromatic carbocycles. The van der Waals surface area contributed by atoms with E-state index in [1.54, 1.807) is 0 Å². The van der Waals surface area contributed by atoms with Gasteiger partial charge in [0, 0.05) is 31.5 Å². The molecular formula is C16H29N3. The van der Waals surface area contributed by atoms with Gasteiger partial charge >= 0.3 is 0 Å². The highest BCUT2D eigenvalue weighted by Crippen LogP contribution is 2.29. The van der Waals surface area contributed by atoms with Gasteiger partial charge in [-0.25, -0.2) is 0 Å². The number of likely N-dealkylation sites (tertiary alicyclic amines) is 1. The van der Waals surface area contributed by atoms with Gasteiger partial charge in [-0.15, -0.1) is 0 Å². The first kappa shape index (κ1) is 14.6. The van der Waals surface area contributed by atoms with E-state index in [1.807, 2.05) is 0 Å². The predicted octanol–water partition coefficient (Wildman–Crippen LogP) is 2.72. The summed E-state index contributed by atoms with van der Waals surface area (Å²) in [5.41, 5.74) is 1.90. The number of hydrogen-bond acceptors (Lipinski definition) is 2. The lowest BCUT2D eigenvalue weighted by atomic mass is 9.80. The molecule has 0 aliphatic carbocycles. The van der Waals surface area contributed by atoms with E-state index in [1.165, 1.54) is 38.0 Å². The average Bonchev–Trinajstić information content (AvgIpc) is 2.82. The van der Waals surface area contributed by atoms with Gasteiger partial charge in [-0.2, -0.15) is 0 Å². The SMILES string of the molecule is CCCn1cccc1CNCC1(C)CCN(C)CC1. The average molecular weight is 263 g/mol. The van der Waals surface area contributed by atoms with E-state index in [2.05, 4.69) is 54.0 Å². The quantitative estimate of drug-likeness (QED) is 0.851. The Bertz CT molecular complexity index is 375. The van der Waals surface area contributed by atoms with Crippen molar-refractivity contribution < 1.29 is 0 Å². The fourth-order valence-corrected chi connectivity index (χ4v) is 2.90. The van der Waals surface area contributed by atoms with Crippen molar-refractivity contribution in [2.75, 3.05) is 26.7 Å². The number of nitrogens with zero attached hydrogens (tertiary/aromatic N) is 2. The standard InChI is InChI=1S/C16H29N3/c1-4-9-19-10-5-6-15(19)13-17-14-16(2)7-11-18(3)12-8-16/h5-6,10,17H,4,7-9,11-14H2,1-3H3. The Morgan fingerprint density at radius 2 is 2.05 bits per heavy atom. The summed E-state index contributed by atoms with van der Waals surface area (Å²) in [6.45, 7) is 10.4. The van der Waals surface area contributed by atoms with Crippen LogP contribution in [0.4, 0.5) is 0 Å². The predicted molar refractivity (Wildman–Crippen MR) is 81.3 cm³/mol. The van der Waals surface area contributed by atoms with Crippen molar-refractivity contribution in [2.24, 2.45) is 5.41 Å². The second-order valence-electron chi connectivity index (χ2n) is 6.41. The molecule has 1 saturated heterocycles. The fraction of sp³-hybridized carbons (Fsp3) is 0.750. The Kier molecular flexibility index (Phi) is 5.06. The minimum atomic E-state index is 0.481. The maximum absolute atomic E-state index is 3.67. The lowest BCUT2D eigenvalue weighted by Gasteiger charge is -2.38. The van der Waals surface area contributed by atoms with Crippen molar-refractivity contribution in [3.8, 4) is 0 Å². The third-order valence-corrected chi connectivity index (χ3v) is 4.44. The number of aryl methyl sites for hydroxylation is 1. The van der Waals surface area contributed by atoms with E-state index in [4.69, 9.17) is 0 Å². The van der Waals surface area contributed by atoms with Crippen LogP contribution in [-0.4, -0.2) is 36.1 Å². The lowest BCUT2D eigenvalue weighted by Crippen LogP contribution is -2.42. The van der Waals surface area contributed by atoms with Crippen LogP contribution in [0.5, 0.6) is 0 Å². The van der Waals surface area contributed by atoms with Crippen LogP contribution in [0.1, 0.15) is 38.8 Å². The molecule has 0 radical (unpaired) electrons. The summed E-state index contributed by atoms with van der Waals surface area (Å²) in [7, 11) is 2.23. The summed E-state index contributed by atoms with van der Waals surface area (Å²) < 4.78 is 2.37. The van der Waals surface area contributed by atoms with Crippen LogP contribution in [0.25, 0.3) is 0 Å². The van der Waals surface area contributed by atoms with Crippen LogP contribution < -0.4 is 5.32 Å². The Hall–Kier alpha value is -0.800. The molecule has 1 aromatic rings. The van der Waals surface area contributed by atoms with Crippen molar-refractivity contribution in [1.82, 2.24) is 14.8 Å². The third-order valence-electron chi connectivity index (χ3n) is 4.44. The normalized spacial score (nSPS) is 19.7. The first-order chi connectivity index (χ1) is 9.13. The molecule has 1 aliphatic heterocycles. The summed E-state index contributed by atoms with van der Waals surface area (Å²) in [6, 6.07) is 4.39. The minimum Gasteiger partial charge on any atom is -0.350 e. The van der Waals surface area contributed by atoms with Crippen LogP contribution in [0.2, 0.25) is 0 Å². The summed E-state index contributed by atoms with van der Waals surface area (Å²) in [6.07, 6.45) is 6.02. The molecule has 3 heteroatoms. The van der Waals surface area contributed by atoms with E-state index < -0.39 is 0 Å². The van der Waals surface area contributed by atoms with Gasteiger partial charge in [-0.05, 0) is 56.9 Å². The van der Waals surface area contributed by atoms with Crippen molar-refractivity contribution in [1.29, 1.82) is 0 Å². The Balaban J connectivity index is 1.78. The Morgan fingerprint density at radius 1 is 1.32 bits per heavy atom. The lowest BCUT2D eigenvalue weighted by molar-refractivity contribution is 0.136. The molecule has 0 amide bonds. The molecule has 0 atom stereocenters. The second-order valence-corrected chi connectivity index (χ2v) is 6.41. The first-order valence-corrected chi connectivity index (χ1v) is 7.66. The highest BCUT2D eigenvalue weighted by atomic mass is 15.1. The van der Waals surface area contributed by atoms with E-state index in [-0.39, 0.29) is 0 Å². The largest absolute Gasteiger partial charge is 0.350 e. The summed E-state index contributed by atoms with van der Waals surface area (Å²) in [5, 5.41) is 3.67. The zero-order valence-electron chi connectivity index (χ0n) is 12.8. The van der Waals surface area contributed by atoms with Crippen molar-refractivity contribution in [2.45, 2.75) is 46.2 Å². The maximum Gasteiger partial charge on any atom is 0.0359 e. The number of piperidine rings is 1. The summed E-state index contributed by atoms with van der Waals surface area (Å²) in [4.78, 5) is 2.44. The highest BCUT2D eigenvalue weighted by molar-refractivity contribution is 5.07. The van der Waals surface area contributed by atoms with E-state index in [9.17, 15) is 0 Å². The Labute approximate surface area is 118 Å². The third kappa shape index (κ3) is 4.08. The van der Waals surface area contributed by atoms with E-state index in [0.29, 0.717) is 5.41 Å². The maximum atomic E-state index is 3.67. The van der Waals surface area contributed by atoms with Gasteiger partial charge in [0.2, 0.25) is 0 Å². The van der Waals surface area contributed by atoms with Gasteiger partial charge in [0.25, 0.3) is 0 Å². The molecule has 0 saturated carbocycles. The smallest absolute Gasteiger partial charge is 0.0359 e. The van der Waals surface area contributed by atoms with Crippen LogP contribution in [0.15, 0.2) is 18.3 Å². The molecule has 19 heavy (non-hydrogen) atoms. The molecular weight excluding hydrogens is 234 g/mol. The molecule has 1 fully saturated rings. The van der Waals surface area contributed by atoms with Gasteiger partial charge in [0.1, 0.15) is 0 Å². The van der Waals surface area contributed by atoms with Gasteiger partial charge < -0.3 is 14.8 Å². The number of hydrogen-bond donors (Lipinski definition) is 1. The van der Waals surface area contributed by atoms with Gasteiger partial charge in [-0.1, -0.05) is 13.8 Å². The van der Waals surface area contributed by atoms with E-state index in [0.717, 1.165) is 19.6 Å². The molecule has 2 heterocycles. The highest BCUT2D eigenvalue weighted by Gasteiger charge is 2.28. The zero-order valence-corrected chi connectivity index (χ0v) is 12.8. The minimum absolute atomic E-state index is 0.481. The molecule has 1 aromatic heterocycles. The molecule has 3 nitrogen and oxygen atoms in total. The van der Waals surface area contributed by atoms with Crippen molar-refractivity contribution in [3.05, 3.63) is 24.0 Å². The monoisotopic (exact) mass is 263 g/mol. The Morgan fingerprint density at radius 3 is 2.74 bits per heavy atom. The molecule has 0 unspecified atom stereocenters. The molecule has 2 rings (SSSR count). The van der Waals surface area contributed by atoms with Crippen LogP contribution in [-0.2, 0) is 13.1 Å². The topological polar surface area (TPSA) is 20.2 Å². The van der Waals surface area contributed by atoms with Crippen molar-refractivity contribution in [3.63, 3.8) is 0 Å². The summed E-state index contributed by atoms with van der Waals surface area (Å²) >= 11 is 0. The van der Waals surface area contributed by atoms with Crippen LogP contribution >= 0.6 is 0 Å². The number of aromatic nitrogens is 1. The molecule has 0 spiro atoms. The van der Waals surface area contributed by atoms with E-state index >= 15 is 0 Å².